The molecule has 1 aliphatic heterocycles. The van der Waals surface area contributed by atoms with Crippen LogP contribution in [0.4, 0.5) is 18.9 Å². The number of nitrogens with zero attached hydrogens (tertiary/aromatic N) is 3. The van der Waals surface area contributed by atoms with E-state index in [2.05, 4.69) is 4.98 Å². The first kappa shape index (κ1) is 18.3. The molecule has 0 radical (unpaired) electrons. The SMILES string of the molecule is O=C(c1cccc([N+](=O)[O-])c1)N1NC(C(F)(F)F)=CC1(O)c1ccncc1. The Morgan fingerprint density at radius 3 is 2.52 bits per heavy atom. The molecule has 0 saturated carbocycles. The van der Waals surface area contributed by atoms with Crippen LogP contribution in [0.2, 0.25) is 0 Å². The van der Waals surface area contributed by atoms with E-state index in [1.165, 1.54) is 36.7 Å². The van der Waals surface area contributed by atoms with Crippen LogP contribution in [-0.2, 0) is 5.72 Å². The number of nitro benzene ring substituents is 1. The normalized spacial score (nSPS) is 19.4. The van der Waals surface area contributed by atoms with Crippen molar-refractivity contribution in [3.8, 4) is 0 Å². The number of amides is 1. The fraction of sp³-hybridized carbons (Fsp3) is 0.125. The van der Waals surface area contributed by atoms with Gasteiger partial charge in [0.15, 0.2) is 0 Å². The van der Waals surface area contributed by atoms with Gasteiger partial charge in [0.2, 0.25) is 5.72 Å². The van der Waals surface area contributed by atoms with Crippen LogP contribution >= 0.6 is 0 Å². The number of hydrazine groups is 1. The molecule has 0 bridgehead atoms. The van der Waals surface area contributed by atoms with Gasteiger partial charge in [0, 0.05) is 41.7 Å². The number of hydrogen-bond acceptors (Lipinski definition) is 6. The Bertz CT molecular complexity index is 933. The summed E-state index contributed by atoms with van der Waals surface area (Å²) in [5, 5.41) is 22.1. The molecule has 2 N–H and O–H groups in total. The number of pyridine rings is 1. The number of nitro groups is 1. The third kappa shape index (κ3) is 3.31. The molecule has 8 nitrogen and oxygen atoms in total. The van der Waals surface area contributed by atoms with E-state index in [4.69, 9.17) is 0 Å². The standard InChI is InChI=1S/C16H11F3N4O4/c17-16(18,19)13-9-15(25,11-4-6-20-7-5-11)22(21-13)14(24)10-2-1-3-12(8-10)23(26)27/h1-9,21,25H. The second-order valence-corrected chi connectivity index (χ2v) is 5.58. The van der Waals surface area contributed by atoms with Crippen molar-refractivity contribution in [2.45, 2.75) is 11.9 Å². The number of carbonyl (C=O) groups excluding carboxylic acids is 1. The van der Waals surface area contributed by atoms with Crippen LogP contribution in [0.15, 0.2) is 60.6 Å². The largest absolute Gasteiger partial charge is 0.432 e. The third-order valence-electron chi connectivity index (χ3n) is 3.84. The maximum absolute atomic E-state index is 13.1. The van der Waals surface area contributed by atoms with Crippen LogP contribution in [0.3, 0.4) is 0 Å². The summed E-state index contributed by atoms with van der Waals surface area (Å²) in [6.45, 7) is 0. The lowest BCUT2D eigenvalue weighted by atomic mass is 10.0. The summed E-state index contributed by atoms with van der Waals surface area (Å²) in [7, 11) is 0. The number of benzene rings is 1. The van der Waals surface area contributed by atoms with Gasteiger partial charge in [-0.2, -0.15) is 13.2 Å². The first-order valence-electron chi connectivity index (χ1n) is 7.41. The molecule has 3 rings (SSSR count). The number of allylic oxidation sites excluding steroid dienone is 1. The maximum Gasteiger partial charge on any atom is 0.432 e. The van der Waals surface area contributed by atoms with Gasteiger partial charge >= 0.3 is 6.18 Å². The van der Waals surface area contributed by atoms with Crippen molar-refractivity contribution < 1.29 is 28.0 Å². The Labute approximate surface area is 149 Å². The van der Waals surface area contributed by atoms with Crippen molar-refractivity contribution in [3.63, 3.8) is 0 Å². The van der Waals surface area contributed by atoms with Gasteiger partial charge in [-0.1, -0.05) is 6.07 Å². The average molecular weight is 380 g/mol. The molecule has 140 valence electrons. The molecule has 1 aliphatic rings. The third-order valence-corrected chi connectivity index (χ3v) is 3.84. The molecular formula is C16H11F3N4O4. The molecule has 27 heavy (non-hydrogen) atoms. The number of nitrogens with one attached hydrogen (secondary N) is 1. The summed E-state index contributed by atoms with van der Waals surface area (Å²) in [5.74, 6) is -1.09. The predicted octanol–water partition coefficient (Wildman–Crippen LogP) is 2.24. The van der Waals surface area contributed by atoms with Crippen LogP contribution in [0.1, 0.15) is 15.9 Å². The Hall–Kier alpha value is -3.47. The molecule has 1 aromatic carbocycles. The van der Waals surface area contributed by atoms with E-state index in [1.807, 2.05) is 5.43 Å². The van der Waals surface area contributed by atoms with Gasteiger partial charge in [0.25, 0.3) is 11.6 Å². The molecule has 0 fully saturated rings. The highest BCUT2D eigenvalue weighted by atomic mass is 19.4. The average Bonchev–Trinajstić information content (AvgIpc) is 3.01. The molecule has 1 aromatic heterocycles. The lowest BCUT2D eigenvalue weighted by molar-refractivity contribution is -0.384. The van der Waals surface area contributed by atoms with Crippen molar-refractivity contribution in [1.29, 1.82) is 0 Å². The zero-order chi connectivity index (χ0) is 19.8. The highest BCUT2D eigenvalue weighted by Crippen LogP contribution is 2.38. The monoisotopic (exact) mass is 380 g/mol. The molecule has 1 amide bonds. The topological polar surface area (TPSA) is 109 Å². The number of alkyl halides is 3. The summed E-state index contributed by atoms with van der Waals surface area (Å²) in [5.41, 5.74) is -2.73. The van der Waals surface area contributed by atoms with Crippen molar-refractivity contribution in [2.75, 3.05) is 0 Å². The number of carbonyl (C=O) groups is 1. The van der Waals surface area contributed by atoms with Gasteiger partial charge < -0.3 is 5.11 Å². The highest BCUT2D eigenvalue weighted by Gasteiger charge is 2.50. The molecule has 2 aromatic rings. The van der Waals surface area contributed by atoms with E-state index >= 15 is 0 Å². The van der Waals surface area contributed by atoms with Crippen LogP contribution in [0.25, 0.3) is 0 Å². The Kier molecular flexibility index (Phi) is 4.31. The second kappa shape index (κ2) is 6.36. The minimum atomic E-state index is -4.86. The summed E-state index contributed by atoms with van der Waals surface area (Å²) in [6.07, 6.45) is -1.93. The summed E-state index contributed by atoms with van der Waals surface area (Å²) < 4.78 is 39.4. The number of halogens is 3. The van der Waals surface area contributed by atoms with Crippen molar-refractivity contribution in [1.82, 2.24) is 15.4 Å². The van der Waals surface area contributed by atoms with E-state index in [0.717, 1.165) is 12.1 Å². The van der Waals surface area contributed by atoms with Crippen LogP contribution in [0, 0.1) is 10.1 Å². The molecule has 0 spiro atoms. The quantitative estimate of drug-likeness (QED) is 0.625. The number of hydrogen-bond donors (Lipinski definition) is 2. The minimum Gasteiger partial charge on any atom is -0.362 e. The maximum atomic E-state index is 13.1. The molecular weight excluding hydrogens is 369 g/mol. The van der Waals surface area contributed by atoms with Gasteiger partial charge in [-0.15, -0.1) is 0 Å². The number of rotatable bonds is 3. The van der Waals surface area contributed by atoms with Crippen LogP contribution < -0.4 is 5.43 Å². The smallest absolute Gasteiger partial charge is 0.362 e. The molecule has 0 aliphatic carbocycles. The van der Waals surface area contributed by atoms with Gasteiger partial charge in [-0.3, -0.25) is 25.3 Å². The van der Waals surface area contributed by atoms with Crippen LogP contribution in [-0.4, -0.2) is 32.1 Å². The van der Waals surface area contributed by atoms with Crippen LogP contribution in [0.5, 0.6) is 0 Å². The van der Waals surface area contributed by atoms with E-state index in [0.29, 0.717) is 11.1 Å². The molecule has 1 unspecified atom stereocenters. The van der Waals surface area contributed by atoms with E-state index in [-0.39, 0.29) is 11.1 Å². The highest BCUT2D eigenvalue weighted by molar-refractivity contribution is 5.95. The lowest BCUT2D eigenvalue weighted by Gasteiger charge is -2.32. The number of non-ortho nitro benzene ring substituents is 1. The number of aromatic nitrogens is 1. The molecule has 0 saturated heterocycles. The summed E-state index contributed by atoms with van der Waals surface area (Å²) in [6, 6.07) is 6.92. The zero-order valence-electron chi connectivity index (χ0n) is 13.3. The van der Waals surface area contributed by atoms with Gasteiger partial charge in [0.1, 0.15) is 5.70 Å². The summed E-state index contributed by atoms with van der Waals surface area (Å²) >= 11 is 0. The van der Waals surface area contributed by atoms with E-state index < -0.39 is 34.1 Å². The fourth-order valence-corrected chi connectivity index (χ4v) is 2.55. The first-order chi connectivity index (χ1) is 12.6. The number of aliphatic hydroxyl groups is 1. The van der Waals surface area contributed by atoms with Crippen molar-refractivity contribution in [3.05, 3.63) is 81.8 Å². The zero-order valence-corrected chi connectivity index (χ0v) is 13.3. The van der Waals surface area contributed by atoms with E-state index in [9.17, 15) is 33.2 Å². The predicted molar refractivity (Wildman–Crippen MR) is 84.7 cm³/mol. The fourth-order valence-electron chi connectivity index (χ4n) is 2.55. The first-order valence-corrected chi connectivity index (χ1v) is 7.41. The van der Waals surface area contributed by atoms with E-state index in [1.54, 1.807) is 0 Å². The van der Waals surface area contributed by atoms with Crippen molar-refractivity contribution in [2.24, 2.45) is 0 Å². The van der Waals surface area contributed by atoms with Gasteiger partial charge in [-0.05, 0) is 18.2 Å². The Balaban J connectivity index is 2.06. The van der Waals surface area contributed by atoms with Crippen molar-refractivity contribution >= 4 is 11.6 Å². The molecule has 2 heterocycles. The second-order valence-electron chi connectivity index (χ2n) is 5.58. The summed E-state index contributed by atoms with van der Waals surface area (Å²) in [4.78, 5) is 26.6. The molecule has 1 atom stereocenters. The molecule has 11 heteroatoms. The minimum absolute atomic E-state index is 0.0527. The Morgan fingerprint density at radius 1 is 1.26 bits per heavy atom. The Morgan fingerprint density at radius 2 is 1.93 bits per heavy atom. The van der Waals surface area contributed by atoms with Gasteiger partial charge in [-0.25, -0.2) is 5.01 Å². The lowest BCUT2D eigenvalue weighted by Crippen LogP contribution is -2.51. The van der Waals surface area contributed by atoms with Gasteiger partial charge in [0.05, 0.1) is 4.92 Å².